The Morgan fingerprint density at radius 3 is 2.63 bits per heavy atom. The summed E-state index contributed by atoms with van der Waals surface area (Å²) in [5, 5.41) is 4.93. The van der Waals surface area contributed by atoms with Gasteiger partial charge in [-0.2, -0.15) is 13.2 Å². The summed E-state index contributed by atoms with van der Waals surface area (Å²) in [7, 11) is 0. The Morgan fingerprint density at radius 1 is 1.37 bits per heavy atom. The van der Waals surface area contributed by atoms with Crippen LogP contribution < -0.4 is 10.6 Å². The van der Waals surface area contributed by atoms with Crippen LogP contribution in [0.3, 0.4) is 0 Å². The summed E-state index contributed by atoms with van der Waals surface area (Å²) in [5.41, 5.74) is -0.719. The van der Waals surface area contributed by atoms with Crippen LogP contribution >= 0.6 is 15.9 Å². The standard InChI is InChI=1S/C12H14BrF3N2O/c1-2-3-6-17-11(19)18-8-4-5-10(13)9(7-8)12(14,15)16/h4-5,7H,2-3,6H2,1H3,(H2,17,18,19). The maximum Gasteiger partial charge on any atom is 0.417 e. The van der Waals surface area contributed by atoms with Crippen LogP contribution in [0.15, 0.2) is 22.7 Å². The van der Waals surface area contributed by atoms with Gasteiger partial charge in [-0.3, -0.25) is 0 Å². The Kier molecular flexibility index (Phi) is 5.65. The molecular formula is C12H14BrF3N2O. The number of hydrogen-bond acceptors (Lipinski definition) is 1. The van der Waals surface area contributed by atoms with Gasteiger partial charge in [0.25, 0.3) is 0 Å². The van der Waals surface area contributed by atoms with Gasteiger partial charge in [0.05, 0.1) is 5.56 Å². The van der Waals surface area contributed by atoms with E-state index in [0.717, 1.165) is 18.9 Å². The zero-order valence-corrected chi connectivity index (χ0v) is 11.9. The van der Waals surface area contributed by atoms with Crippen molar-refractivity contribution in [2.75, 3.05) is 11.9 Å². The van der Waals surface area contributed by atoms with Gasteiger partial charge in [-0.15, -0.1) is 0 Å². The zero-order valence-electron chi connectivity index (χ0n) is 10.3. The number of halogens is 4. The fraction of sp³-hybridized carbons (Fsp3) is 0.417. The number of carbonyl (C=O) groups excluding carboxylic acids is 1. The number of benzene rings is 1. The van der Waals surface area contributed by atoms with Gasteiger partial charge in [-0.1, -0.05) is 29.3 Å². The van der Waals surface area contributed by atoms with Crippen molar-refractivity contribution in [2.24, 2.45) is 0 Å². The van der Waals surface area contributed by atoms with Crippen molar-refractivity contribution in [1.82, 2.24) is 5.32 Å². The highest BCUT2D eigenvalue weighted by atomic mass is 79.9. The van der Waals surface area contributed by atoms with Gasteiger partial charge in [0, 0.05) is 16.7 Å². The number of unbranched alkanes of at least 4 members (excludes halogenated alkanes) is 1. The molecule has 0 aliphatic heterocycles. The lowest BCUT2D eigenvalue weighted by Crippen LogP contribution is -2.29. The third kappa shape index (κ3) is 5.10. The van der Waals surface area contributed by atoms with Crippen molar-refractivity contribution < 1.29 is 18.0 Å². The highest BCUT2D eigenvalue weighted by Crippen LogP contribution is 2.36. The maximum absolute atomic E-state index is 12.7. The molecule has 0 saturated carbocycles. The number of rotatable bonds is 4. The number of nitrogens with one attached hydrogen (secondary N) is 2. The molecule has 1 rings (SSSR count). The molecule has 1 aromatic carbocycles. The average Bonchev–Trinajstić information content (AvgIpc) is 2.30. The average molecular weight is 339 g/mol. The van der Waals surface area contributed by atoms with E-state index in [1.54, 1.807) is 0 Å². The molecule has 0 unspecified atom stereocenters. The van der Waals surface area contributed by atoms with Crippen LogP contribution in [0.25, 0.3) is 0 Å². The van der Waals surface area contributed by atoms with Gasteiger partial charge in [-0.05, 0) is 24.6 Å². The fourth-order valence-corrected chi connectivity index (χ4v) is 1.85. The molecule has 0 heterocycles. The predicted octanol–water partition coefficient (Wildman–Crippen LogP) is 4.39. The van der Waals surface area contributed by atoms with Crippen LogP contribution in [0.1, 0.15) is 25.3 Å². The largest absolute Gasteiger partial charge is 0.417 e. The monoisotopic (exact) mass is 338 g/mol. The Balaban J connectivity index is 2.72. The molecule has 0 radical (unpaired) electrons. The molecule has 0 saturated heterocycles. The molecule has 0 atom stereocenters. The molecule has 2 N–H and O–H groups in total. The van der Waals surface area contributed by atoms with Gasteiger partial charge in [0.2, 0.25) is 0 Å². The second kappa shape index (κ2) is 6.79. The summed E-state index contributed by atoms with van der Waals surface area (Å²) in [6.45, 7) is 2.47. The summed E-state index contributed by atoms with van der Waals surface area (Å²) in [6.07, 6.45) is -2.71. The Labute approximate surface area is 117 Å². The topological polar surface area (TPSA) is 41.1 Å². The van der Waals surface area contributed by atoms with E-state index in [4.69, 9.17) is 0 Å². The van der Waals surface area contributed by atoms with Crippen molar-refractivity contribution in [1.29, 1.82) is 0 Å². The van der Waals surface area contributed by atoms with Gasteiger partial charge < -0.3 is 10.6 Å². The van der Waals surface area contributed by atoms with Crippen LogP contribution in [-0.2, 0) is 6.18 Å². The lowest BCUT2D eigenvalue weighted by Gasteiger charge is -2.12. The van der Waals surface area contributed by atoms with Crippen LogP contribution in [0.2, 0.25) is 0 Å². The van der Waals surface area contributed by atoms with Gasteiger partial charge >= 0.3 is 12.2 Å². The molecule has 0 aliphatic rings. The summed E-state index contributed by atoms with van der Waals surface area (Å²) in [6, 6.07) is 3.04. The predicted molar refractivity (Wildman–Crippen MR) is 71.1 cm³/mol. The van der Waals surface area contributed by atoms with Crippen molar-refractivity contribution in [3.05, 3.63) is 28.2 Å². The fourth-order valence-electron chi connectivity index (χ4n) is 1.37. The molecule has 0 aromatic heterocycles. The smallest absolute Gasteiger partial charge is 0.338 e. The quantitative estimate of drug-likeness (QED) is 0.785. The number of anilines is 1. The molecule has 0 spiro atoms. The van der Waals surface area contributed by atoms with Crippen molar-refractivity contribution in [3.63, 3.8) is 0 Å². The van der Waals surface area contributed by atoms with E-state index in [0.29, 0.717) is 6.54 Å². The number of urea groups is 1. The minimum absolute atomic E-state index is 0.0584. The SMILES string of the molecule is CCCCNC(=O)Nc1ccc(Br)c(C(F)(F)F)c1. The van der Waals surface area contributed by atoms with E-state index >= 15 is 0 Å². The second-order valence-corrected chi connectivity index (χ2v) is 4.78. The molecule has 19 heavy (non-hydrogen) atoms. The first kappa shape index (κ1) is 15.8. The van der Waals surface area contributed by atoms with Crippen molar-refractivity contribution >= 4 is 27.6 Å². The molecule has 2 amide bonds. The Bertz CT molecular complexity index is 449. The van der Waals surface area contributed by atoms with E-state index in [1.807, 2.05) is 6.92 Å². The first-order valence-electron chi connectivity index (χ1n) is 5.76. The number of carbonyl (C=O) groups is 1. The van der Waals surface area contributed by atoms with Crippen LogP contribution in [0.4, 0.5) is 23.7 Å². The molecule has 3 nitrogen and oxygen atoms in total. The molecule has 0 aliphatic carbocycles. The summed E-state index contributed by atoms with van der Waals surface area (Å²) < 4.78 is 37.9. The minimum Gasteiger partial charge on any atom is -0.338 e. The highest BCUT2D eigenvalue weighted by Gasteiger charge is 2.33. The molecule has 106 valence electrons. The lowest BCUT2D eigenvalue weighted by molar-refractivity contribution is -0.138. The van der Waals surface area contributed by atoms with E-state index < -0.39 is 17.8 Å². The zero-order chi connectivity index (χ0) is 14.5. The van der Waals surface area contributed by atoms with Crippen LogP contribution in [-0.4, -0.2) is 12.6 Å². The van der Waals surface area contributed by atoms with Crippen LogP contribution in [0, 0.1) is 0 Å². The van der Waals surface area contributed by atoms with Gasteiger partial charge in [0.1, 0.15) is 0 Å². The van der Waals surface area contributed by atoms with E-state index in [-0.39, 0.29) is 10.2 Å². The molecule has 0 bridgehead atoms. The van der Waals surface area contributed by atoms with Crippen molar-refractivity contribution in [2.45, 2.75) is 25.9 Å². The third-order valence-corrected chi connectivity index (χ3v) is 3.04. The first-order chi connectivity index (χ1) is 8.84. The second-order valence-electron chi connectivity index (χ2n) is 3.93. The van der Waals surface area contributed by atoms with Gasteiger partial charge in [0.15, 0.2) is 0 Å². The summed E-state index contributed by atoms with van der Waals surface area (Å²) >= 11 is 2.84. The van der Waals surface area contributed by atoms with E-state index in [2.05, 4.69) is 26.6 Å². The van der Waals surface area contributed by atoms with Gasteiger partial charge in [-0.25, -0.2) is 4.79 Å². The molecular weight excluding hydrogens is 325 g/mol. The Hall–Kier alpha value is -1.24. The molecule has 1 aromatic rings. The molecule has 0 fully saturated rings. The van der Waals surface area contributed by atoms with E-state index in [9.17, 15) is 18.0 Å². The molecule has 7 heteroatoms. The van der Waals surface area contributed by atoms with Crippen molar-refractivity contribution in [3.8, 4) is 0 Å². The first-order valence-corrected chi connectivity index (χ1v) is 6.55. The Morgan fingerprint density at radius 2 is 2.05 bits per heavy atom. The third-order valence-electron chi connectivity index (χ3n) is 2.35. The highest BCUT2D eigenvalue weighted by molar-refractivity contribution is 9.10. The number of amides is 2. The number of hydrogen-bond donors (Lipinski definition) is 2. The van der Waals surface area contributed by atoms with Crippen LogP contribution in [0.5, 0.6) is 0 Å². The summed E-state index contributed by atoms with van der Waals surface area (Å²) in [4.78, 5) is 11.4. The lowest BCUT2D eigenvalue weighted by atomic mass is 10.2. The van der Waals surface area contributed by atoms with E-state index in [1.165, 1.54) is 12.1 Å². The minimum atomic E-state index is -4.46. The normalized spacial score (nSPS) is 11.2. The number of alkyl halides is 3. The maximum atomic E-state index is 12.7. The summed E-state index contributed by atoms with van der Waals surface area (Å²) in [5.74, 6) is 0.